The fraction of sp³-hybridized carbons (Fsp3) is 0.190. The van der Waals surface area contributed by atoms with Crippen LogP contribution in [0.5, 0.6) is 11.5 Å². The summed E-state index contributed by atoms with van der Waals surface area (Å²) < 4.78 is 17.7. The Bertz CT molecular complexity index is 1120. The lowest BCUT2D eigenvalue weighted by atomic mass is 9.92. The fourth-order valence-electron chi connectivity index (χ4n) is 3.47. The molecule has 0 bridgehead atoms. The van der Waals surface area contributed by atoms with Gasteiger partial charge in [0, 0.05) is 10.6 Å². The quantitative estimate of drug-likeness (QED) is 0.624. The summed E-state index contributed by atoms with van der Waals surface area (Å²) >= 11 is 6.05. The van der Waals surface area contributed by atoms with Crippen molar-refractivity contribution in [2.45, 2.75) is 6.04 Å². The van der Waals surface area contributed by atoms with Gasteiger partial charge in [-0.15, -0.1) is 0 Å². The Kier molecular flexibility index (Phi) is 5.33. The summed E-state index contributed by atoms with van der Waals surface area (Å²) in [7, 11) is 4.48. The van der Waals surface area contributed by atoms with Crippen LogP contribution < -0.4 is 14.8 Å². The maximum absolute atomic E-state index is 13.0. The van der Waals surface area contributed by atoms with Crippen LogP contribution in [-0.4, -0.2) is 42.1 Å². The average Bonchev–Trinajstić information content (AvgIpc) is 3.25. The van der Waals surface area contributed by atoms with Gasteiger partial charge >= 0.3 is 5.97 Å². The van der Waals surface area contributed by atoms with Gasteiger partial charge in [0.05, 0.1) is 32.6 Å². The van der Waals surface area contributed by atoms with Gasteiger partial charge in [0.2, 0.25) is 5.95 Å². The number of ether oxygens (including phenoxy) is 3. The molecular formula is C21H19ClN4O4. The topological polar surface area (TPSA) is 87.5 Å². The van der Waals surface area contributed by atoms with Gasteiger partial charge in [-0.05, 0) is 35.9 Å². The summed E-state index contributed by atoms with van der Waals surface area (Å²) in [5.41, 5.74) is 2.33. The predicted molar refractivity (Wildman–Crippen MR) is 112 cm³/mol. The average molecular weight is 427 g/mol. The first-order chi connectivity index (χ1) is 14.6. The zero-order valence-corrected chi connectivity index (χ0v) is 17.3. The van der Waals surface area contributed by atoms with E-state index in [4.69, 9.17) is 25.8 Å². The van der Waals surface area contributed by atoms with Gasteiger partial charge in [-0.3, -0.25) is 0 Å². The molecule has 0 aliphatic carbocycles. The van der Waals surface area contributed by atoms with Crippen molar-refractivity contribution in [3.8, 4) is 11.5 Å². The lowest BCUT2D eigenvalue weighted by molar-refractivity contribution is -0.136. The molecule has 1 N–H and O–H groups in total. The number of halogens is 1. The molecule has 1 aliphatic heterocycles. The molecule has 30 heavy (non-hydrogen) atoms. The van der Waals surface area contributed by atoms with Crippen LogP contribution in [0.25, 0.3) is 5.70 Å². The smallest absolute Gasteiger partial charge is 0.338 e. The Morgan fingerprint density at radius 2 is 1.87 bits per heavy atom. The summed E-state index contributed by atoms with van der Waals surface area (Å²) in [4.78, 5) is 17.3. The highest BCUT2D eigenvalue weighted by Gasteiger charge is 2.37. The molecule has 154 valence electrons. The second kappa shape index (κ2) is 8.08. The van der Waals surface area contributed by atoms with Crippen LogP contribution in [0.1, 0.15) is 17.2 Å². The van der Waals surface area contributed by atoms with Gasteiger partial charge in [-0.2, -0.15) is 10.1 Å². The number of nitrogens with zero attached hydrogens (tertiary/aromatic N) is 3. The van der Waals surface area contributed by atoms with Crippen LogP contribution in [0.15, 0.2) is 54.4 Å². The fourth-order valence-corrected chi connectivity index (χ4v) is 3.60. The first kappa shape index (κ1) is 19.8. The Morgan fingerprint density at radius 3 is 2.53 bits per heavy atom. The van der Waals surface area contributed by atoms with Crippen molar-refractivity contribution in [1.29, 1.82) is 0 Å². The largest absolute Gasteiger partial charge is 0.497 e. The summed E-state index contributed by atoms with van der Waals surface area (Å²) in [6.45, 7) is 0. The number of aromatic nitrogens is 3. The minimum absolute atomic E-state index is 0.351. The van der Waals surface area contributed by atoms with Crippen LogP contribution in [0.3, 0.4) is 0 Å². The van der Waals surface area contributed by atoms with Crippen LogP contribution in [0.4, 0.5) is 5.95 Å². The Morgan fingerprint density at radius 1 is 1.10 bits per heavy atom. The number of methoxy groups -OCH3 is 3. The molecule has 1 aliphatic rings. The van der Waals surface area contributed by atoms with E-state index in [2.05, 4.69) is 15.4 Å². The third-order valence-corrected chi connectivity index (χ3v) is 5.12. The summed E-state index contributed by atoms with van der Waals surface area (Å²) in [6.07, 6.45) is 1.42. The minimum atomic E-state index is -0.660. The summed E-state index contributed by atoms with van der Waals surface area (Å²) in [5.74, 6) is 1.15. The molecule has 3 aromatic rings. The highest BCUT2D eigenvalue weighted by Crippen LogP contribution is 2.42. The third-order valence-electron chi connectivity index (χ3n) is 4.87. The minimum Gasteiger partial charge on any atom is -0.497 e. The molecule has 1 aromatic heterocycles. The maximum Gasteiger partial charge on any atom is 0.338 e. The van der Waals surface area contributed by atoms with E-state index in [1.54, 1.807) is 43.2 Å². The molecule has 2 heterocycles. The Hall–Kier alpha value is -3.52. The normalized spacial score (nSPS) is 15.3. The van der Waals surface area contributed by atoms with E-state index < -0.39 is 12.0 Å². The lowest BCUT2D eigenvalue weighted by Crippen LogP contribution is -2.29. The number of nitrogens with one attached hydrogen (secondary N) is 1. The maximum atomic E-state index is 13.0. The molecule has 0 saturated carbocycles. The van der Waals surface area contributed by atoms with Gasteiger partial charge in [0.15, 0.2) is 0 Å². The van der Waals surface area contributed by atoms with Gasteiger partial charge in [-0.25, -0.2) is 9.48 Å². The van der Waals surface area contributed by atoms with Gasteiger partial charge < -0.3 is 19.5 Å². The van der Waals surface area contributed by atoms with E-state index in [0.29, 0.717) is 39.3 Å². The number of hydrogen-bond acceptors (Lipinski definition) is 7. The standard InChI is InChI=1S/C21H19ClN4O4/c1-28-14-8-9-16(29-2)15(10-14)19-17(20(27)30-3)18(12-4-6-13(22)7-5-12)25-21-23-11-24-26(19)21/h4-11,19H,1-3H3,(H,23,24,25)/t19-/m1/s1. The SMILES string of the molecule is COC(=O)C1=C(c2ccc(Cl)cc2)Nc2ncnn2[C@@H]1c1cc(OC)ccc1OC. The molecular weight excluding hydrogens is 408 g/mol. The van der Waals surface area contributed by atoms with E-state index >= 15 is 0 Å². The second-order valence-corrected chi connectivity index (χ2v) is 6.89. The molecule has 0 fully saturated rings. The molecule has 2 aromatic carbocycles. The van der Waals surface area contributed by atoms with Crippen LogP contribution >= 0.6 is 11.6 Å². The Labute approximate surface area is 178 Å². The molecule has 1 atom stereocenters. The van der Waals surface area contributed by atoms with Crippen molar-refractivity contribution >= 4 is 29.2 Å². The first-order valence-electron chi connectivity index (χ1n) is 9.04. The van der Waals surface area contributed by atoms with E-state index in [0.717, 1.165) is 5.56 Å². The summed E-state index contributed by atoms with van der Waals surface area (Å²) in [5, 5.41) is 8.12. The molecule has 4 rings (SSSR count). The molecule has 0 radical (unpaired) electrons. The number of benzene rings is 2. The molecule has 0 spiro atoms. The molecule has 9 heteroatoms. The number of anilines is 1. The highest BCUT2D eigenvalue weighted by atomic mass is 35.5. The molecule has 0 saturated heterocycles. The van der Waals surface area contributed by atoms with Crippen molar-refractivity contribution in [2.24, 2.45) is 0 Å². The zero-order valence-electron chi connectivity index (χ0n) is 16.5. The molecule has 0 unspecified atom stereocenters. The Balaban J connectivity index is 2.01. The van der Waals surface area contributed by atoms with Crippen molar-refractivity contribution in [2.75, 3.05) is 26.6 Å². The van der Waals surface area contributed by atoms with Gasteiger partial charge in [-0.1, -0.05) is 23.7 Å². The molecule has 8 nitrogen and oxygen atoms in total. The molecule has 0 amide bonds. The number of carbonyl (C=O) groups excluding carboxylic acids is 1. The number of hydrogen-bond donors (Lipinski definition) is 1. The van der Waals surface area contributed by atoms with E-state index in [9.17, 15) is 4.79 Å². The van der Waals surface area contributed by atoms with Crippen LogP contribution in [0, 0.1) is 0 Å². The van der Waals surface area contributed by atoms with Crippen molar-refractivity contribution in [3.05, 3.63) is 70.5 Å². The van der Waals surface area contributed by atoms with Crippen LogP contribution in [0.2, 0.25) is 5.02 Å². The first-order valence-corrected chi connectivity index (χ1v) is 9.42. The van der Waals surface area contributed by atoms with Gasteiger partial charge in [0.25, 0.3) is 0 Å². The third kappa shape index (κ3) is 3.35. The van der Waals surface area contributed by atoms with E-state index in [-0.39, 0.29) is 0 Å². The summed E-state index contributed by atoms with van der Waals surface area (Å²) in [6, 6.07) is 11.9. The number of fused-ring (bicyclic) bond motifs is 1. The predicted octanol–water partition coefficient (Wildman–Crippen LogP) is 3.55. The monoisotopic (exact) mass is 426 g/mol. The van der Waals surface area contributed by atoms with E-state index in [1.807, 2.05) is 18.2 Å². The second-order valence-electron chi connectivity index (χ2n) is 6.45. The van der Waals surface area contributed by atoms with Crippen LogP contribution in [-0.2, 0) is 9.53 Å². The number of esters is 1. The lowest BCUT2D eigenvalue weighted by Gasteiger charge is -2.30. The van der Waals surface area contributed by atoms with Crippen molar-refractivity contribution < 1.29 is 19.0 Å². The van der Waals surface area contributed by atoms with E-state index in [1.165, 1.54) is 13.4 Å². The zero-order chi connectivity index (χ0) is 21.3. The number of rotatable bonds is 5. The van der Waals surface area contributed by atoms with Crippen molar-refractivity contribution in [3.63, 3.8) is 0 Å². The van der Waals surface area contributed by atoms with Gasteiger partial charge in [0.1, 0.15) is 23.9 Å². The highest BCUT2D eigenvalue weighted by molar-refractivity contribution is 6.30. The number of carbonyl (C=O) groups is 1. The van der Waals surface area contributed by atoms with Crippen molar-refractivity contribution in [1.82, 2.24) is 14.8 Å².